The van der Waals surface area contributed by atoms with Gasteiger partial charge in [-0.3, -0.25) is 4.99 Å². The van der Waals surface area contributed by atoms with Crippen LogP contribution in [0.5, 0.6) is 5.75 Å². The molecule has 2 rings (SSSR count). The third-order valence-electron chi connectivity index (χ3n) is 4.36. The largest absolute Gasteiger partial charge is 0.493 e. The van der Waals surface area contributed by atoms with E-state index in [1.54, 1.807) is 0 Å². The number of rotatable bonds is 8. The zero-order valence-corrected chi connectivity index (χ0v) is 14.9. The van der Waals surface area contributed by atoms with Crippen LogP contribution >= 0.6 is 0 Å². The van der Waals surface area contributed by atoms with Crippen LogP contribution in [0.2, 0.25) is 0 Å². The first-order chi connectivity index (χ1) is 11.8. The molecule has 5 heteroatoms. The second kappa shape index (κ2) is 10.2. The van der Waals surface area contributed by atoms with Crippen LogP contribution in [0.4, 0.5) is 0 Å². The fraction of sp³-hybridized carbons (Fsp3) is 0.632. The van der Waals surface area contributed by atoms with Gasteiger partial charge in [0.25, 0.3) is 0 Å². The second-order valence-corrected chi connectivity index (χ2v) is 6.26. The van der Waals surface area contributed by atoms with Crippen molar-refractivity contribution in [3.8, 4) is 5.75 Å². The highest BCUT2D eigenvalue weighted by Gasteiger charge is 2.21. The van der Waals surface area contributed by atoms with Gasteiger partial charge in [-0.1, -0.05) is 31.5 Å². The van der Waals surface area contributed by atoms with E-state index < -0.39 is 0 Å². The minimum atomic E-state index is 0.218. The standard InChI is InChI=1S/C19H31N3O2/c1-3-7-15(10-12-23)14-21-19(20-4-2)22-17-11-13-24-18-9-6-5-8-16(17)18/h5-6,8-9,15,17,23H,3-4,7,10-14H2,1-2H3,(H2,20,21,22). The van der Waals surface area contributed by atoms with Gasteiger partial charge in [-0.25, -0.2) is 0 Å². The molecule has 1 aromatic rings. The molecule has 1 aromatic carbocycles. The number of benzene rings is 1. The topological polar surface area (TPSA) is 65.9 Å². The maximum absolute atomic E-state index is 9.21. The first kappa shape index (κ1) is 18.6. The van der Waals surface area contributed by atoms with Crippen LogP contribution in [0, 0.1) is 5.92 Å². The Bertz CT molecular complexity index is 513. The van der Waals surface area contributed by atoms with Crippen LogP contribution < -0.4 is 15.4 Å². The summed E-state index contributed by atoms with van der Waals surface area (Å²) in [5, 5.41) is 16.1. The van der Waals surface area contributed by atoms with Crippen molar-refractivity contribution >= 4 is 5.96 Å². The Balaban J connectivity index is 2.04. The quantitative estimate of drug-likeness (QED) is 0.505. The molecule has 24 heavy (non-hydrogen) atoms. The Morgan fingerprint density at radius 3 is 2.92 bits per heavy atom. The predicted molar refractivity (Wildman–Crippen MR) is 98.5 cm³/mol. The molecule has 0 aliphatic carbocycles. The summed E-state index contributed by atoms with van der Waals surface area (Å²) in [6.07, 6.45) is 3.97. The lowest BCUT2D eigenvalue weighted by Crippen LogP contribution is -2.41. The van der Waals surface area contributed by atoms with Crippen molar-refractivity contribution in [2.45, 2.75) is 45.6 Å². The molecule has 3 N–H and O–H groups in total. The summed E-state index contributed by atoms with van der Waals surface area (Å²) in [4.78, 5) is 4.76. The van der Waals surface area contributed by atoms with E-state index in [2.05, 4.69) is 30.5 Å². The Labute approximate surface area is 145 Å². The molecule has 0 saturated carbocycles. The number of guanidine groups is 1. The number of para-hydroxylation sites is 1. The Kier molecular flexibility index (Phi) is 7.89. The molecule has 0 spiro atoms. The Morgan fingerprint density at radius 2 is 2.17 bits per heavy atom. The van der Waals surface area contributed by atoms with E-state index in [1.807, 2.05) is 18.2 Å². The highest BCUT2D eigenvalue weighted by Crippen LogP contribution is 2.31. The summed E-state index contributed by atoms with van der Waals surface area (Å²) >= 11 is 0. The molecule has 0 radical (unpaired) electrons. The van der Waals surface area contributed by atoms with E-state index >= 15 is 0 Å². The van der Waals surface area contributed by atoms with Crippen molar-refractivity contribution in [2.24, 2.45) is 10.9 Å². The van der Waals surface area contributed by atoms with Crippen molar-refractivity contribution in [3.05, 3.63) is 29.8 Å². The van der Waals surface area contributed by atoms with Crippen LogP contribution in [-0.2, 0) is 0 Å². The number of fused-ring (bicyclic) bond motifs is 1. The van der Waals surface area contributed by atoms with Gasteiger partial charge in [-0.2, -0.15) is 0 Å². The number of hydrogen-bond acceptors (Lipinski definition) is 3. The van der Waals surface area contributed by atoms with Crippen LogP contribution in [-0.4, -0.2) is 37.4 Å². The molecule has 0 saturated heterocycles. The average molecular weight is 333 g/mol. The molecule has 134 valence electrons. The maximum atomic E-state index is 9.21. The third-order valence-corrected chi connectivity index (χ3v) is 4.36. The van der Waals surface area contributed by atoms with Gasteiger partial charge in [0.2, 0.25) is 0 Å². The van der Waals surface area contributed by atoms with Crippen molar-refractivity contribution in [2.75, 3.05) is 26.3 Å². The molecule has 0 aromatic heterocycles. The zero-order chi connectivity index (χ0) is 17.2. The van der Waals surface area contributed by atoms with Crippen LogP contribution in [0.15, 0.2) is 29.3 Å². The molecule has 2 unspecified atom stereocenters. The summed E-state index contributed by atoms with van der Waals surface area (Å²) in [5.74, 6) is 2.25. The minimum Gasteiger partial charge on any atom is -0.493 e. The van der Waals surface area contributed by atoms with E-state index in [-0.39, 0.29) is 12.6 Å². The van der Waals surface area contributed by atoms with Crippen LogP contribution in [0.3, 0.4) is 0 Å². The molecule has 5 nitrogen and oxygen atoms in total. The lowest BCUT2D eigenvalue weighted by Gasteiger charge is -2.28. The summed E-state index contributed by atoms with van der Waals surface area (Å²) in [6.45, 7) is 6.78. The maximum Gasteiger partial charge on any atom is 0.191 e. The first-order valence-corrected chi connectivity index (χ1v) is 9.15. The Morgan fingerprint density at radius 1 is 1.33 bits per heavy atom. The minimum absolute atomic E-state index is 0.218. The fourth-order valence-corrected chi connectivity index (χ4v) is 3.12. The molecule has 0 bridgehead atoms. The fourth-order valence-electron chi connectivity index (χ4n) is 3.12. The molecular formula is C19H31N3O2. The van der Waals surface area contributed by atoms with Crippen molar-refractivity contribution in [1.29, 1.82) is 0 Å². The van der Waals surface area contributed by atoms with E-state index in [0.29, 0.717) is 5.92 Å². The van der Waals surface area contributed by atoms with Gasteiger partial charge in [0.1, 0.15) is 5.75 Å². The highest BCUT2D eigenvalue weighted by atomic mass is 16.5. The van der Waals surface area contributed by atoms with Gasteiger partial charge in [0.15, 0.2) is 5.96 Å². The smallest absolute Gasteiger partial charge is 0.191 e. The lowest BCUT2D eigenvalue weighted by atomic mass is 10.0. The van der Waals surface area contributed by atoms with Gasteiger partial charge in [-0.05, 0) is 31.7 Å². The van der Waals surface area contributed by atoms with Crippen LogP contribution in [0.25, 0.3) is 0 Å². The second-order valence-electron chi connectivity index (χ2n) is 6.26. The van der Waals surface area contributed by atoms with Gasteiger partial charge in [0.05, 0.1) is 12.6 Å². The zero-order valence-electron chi connectivity index (χ0n) is 14.9. The summed E-state index contributed by atoms with van der Waals surface area (Å²) in [7, 11) is 0. The molecule has 1 heterocycles. The molecule has 0 fully saturated rings. The highest BCUT2D eigenvalue weighted by molar-refractivity contribution is 5.80. The molecular weight excluding hydrogens is 302 g/mol. The van der Waals surface area contributed by atoms with Crippen molar-refractivity contribution in [3.63, 3.8) is 0 Å². The normalized spacial score (nSPS) is 18.5. The number of aliphatic hydroxyl groups excluding tert-OH is 1. The first-order valence-electron chi connectivity index (χ1n) is 9.15. The molecule has 0 amide bonds. The average Bonchev–Trinajstić information content (AvgIpc) is 2.60. The number of nitrogens with one attached hydrogen (secondary N) is 2. The molecule has 2 atom stereocenters. The lowest BCUT2D eigenvalue weighted by molar-refractivity contribution is 0.253. The predicted octanol–water partition coefficient (Wildman–Crippen LogP) is 2.86. The van der Waals surface area contributed by atoms with Crippen LogP contribution in [0.1, 0.15) is 51.1 Å². The third kappa shape index (κ3) is 5.41. The van der Waals surface area contributed by atoms with Crippen molar-refractivity contribution in [1.82, 2.24) is 10.6 Å². The number of hydrogen-bond donors (Lipinski definition) is 3. The van der Waals surface area contributed by atoms with E-state index in [9.17, 15) is 5.11 Å². The molecule has 1 aliphatic rings. The number of nitrogens with zero attached hydrogens (tertiary/aromatic N) is 1. The van der Waals surface area contributed by atoms with Crippen molar-refractivity contribution < 1.29 is 9.84 Å². The summed E-state index contributed by atoms with van der Waals surface area (Å²) in [6, 6.07) is 8.40. The Hall–Kier alpha value is -1.75. The summed E-state index contributed by atoms with van der Waals surface area (Å²) in [5.41, 5.74) is 1.19. The van der Waals surface area contributed by atoms with E-state index in [4.69, 9.17) is 9.73 Å². The summed E-state index contributed by atoms with van der Waals surface area (Å²) < 4.78 is 5.73. The molecule has 1 aliphatic heterocycles. The van der Waals surface area contributed by atoms with Gasteiger partial charge >= 0.3 is 0 Å². The number of ether oxygens (including phenoxy) is 1. The SMILES string of the molecule is CCCC(CCO)CN=C(NCC)NC1CCOc2ccccc21. The van der Waals surface area contributed by atoms with Gasteiger partial charge < -0.3 is 20.5 Å². The van der Waals surface area contributed by atoms with E-state index in [1.165, 1.54) is 5.56 Å². The van der Waals surface area contributed by atoms with Gasteiger partial charge in [0, 0.05) is 31.7 Å². The number of aliphatic hydroxyl groups is 1. The van der Waals surface area contributed by atoms with Gasteiger partial charge in [-0.15, -0.1) is 0 Å². The van der Waals surface area contributed by atoms with E-state index in [0.717, 1.165) is 57.1 Å². The monoisotopic (exact) mass is 333 g/mol. The number of aliphatic imine (C=N–C) groups is 1.